The molecule has 1 fully saturated rings. The number of carbonyl (C=O) groups excluding carboxylic acids is 1. The van der Waals surface area contributed by atoms with Crippen molar-refractivity contribution in [3.05, 3.63) is 28.2 Å². The van der Waals surface area contributed by atoms with Crippen LogP contribution < -0.4 is 4.74 Å². The molecule has 1 aromatic carbocycles. The molecule has 2 atom stereocenters. The summed E-state index contributed by atoms with van der Waals surface area (Å²) in [6.45, 7) is 0. The van der Waals surface area contributed by atoms with Gasteiger partial charge in [0.2, 0.25) is 5.91 Å². The Hall–Kier alpha value is -1.56. The van der Waals surface area contributed by atoms with E-state index in [0.29, 0.717) is 12.2 Å². The lowest BCUT2D eigenvalue weighted by Crippen LogP contribution is -2.43. The van der Waals surface area contributed by atoms with Gasteiger partial charge in [0.1, 0.15) is 5.75 Å². The number of amides is 1. The molecule has 20 heavy (non-hydrogen) atoms. The molecule has 0 bridgehead atoms. The highest BCUT2D eigenvalue weighted by molar-refractivity contribution is 9.10. The van der Waals surface area contributed by atoms with E-state index in [1.807, 2.05) is 6.07 Å². The third kappa shape index (κ3) is 2.65. The molecular weight excluding hydrogens is 326 g/mol. The zero-order valence-electron chi connectivity index (χ0n) is 11.3. The van der Waals surface area contributed by atoms with Crippen LogP contribution in [0.15, 0.2) is 22.7 Å². The second-order valence-electron chi connectivity index (χ2n) is 4.83. The summed E-state index contributed by atoms with van der Waals surface area (Å²) < 4.78 is 5.91. The molecule has 1 heterocycles. The third-order valence-corrected chi connectivity index (χ3v) is 4.32. The lowest BCUT2D eigenvalue weighted by molar-refractivity contribution is -0.150. The summed E-state index contributed by atoms with van der Waals surface area (Å²) >= 11 is 3.39. The number of methoxy groups -OCH3 is 1. The zero-order chi connectivity index (χ0) is 14.9. The van der Waals surface area contributed by atoms with Gasteiger partial charge in [-0.25, -0.2) is 0 Å². The molecule has 1 aliphatic rings. The first-order chi connectivity index (χ1) is 9.45. The number of halogens is 1. The van der Waals surface area contributed by atoms with Crippen molar-refractivity contribution in [2.75, 3.05) is 14.2 Å². The van der Waals surface area contributed by atoms with E-state index in [1.54, 1.807) is 26.3 Å². The summed E-state index contributed by atoms with van der Waals surface area (Å²) in [6, 6.07) is 4.94. The van der Waals surface area contributed by atoms with E-state index in [2.05, 4.69) is 15.9 Å². The molecule has 0 spiro atoms. The highest BCUT2D eigenvalue weighted by atomic mass is 79.9. The molecular formula is C14H16BrNO4. The molecule has 1 aliphatic heterocycles. The monoisotopic (exact) mass is 341 g/mol. The summed E-state index contributed by atoms with van der Waals surface area (Å²) in [5, 5.41) is 9.37. The first kappa shape index (κ1) is 14.8. The normalized spacial score (nSPS) is 22.8. The Balaban J connectivity index is 2.42. The van der Waals surface area contributed by atoms with Gasteiger partial charge in [0.05, 0.1) is 23.5 Å². The van der Waals surface area contributed by atoms with Crippen LogP contribution in [-0.2, 0) is 9.59 Å². The molecule has 6 heteroatoms. The van der Waals surface area contributed by atoms with E-state index >= 15 is 0 Å². The van der Waals surface area contributed by atoms with Crippen LogP contribution in [0.4, 0.5) is 0 Å². The van der Waals surface area contributed by atoms with Crippen LogP contribution in [0.2, 0.25) is 0 Å². The SMILES string of the molecule is COc1ccc(C2C(C(=O)O)CCC(=O)N2C)cc1Br. The minimum absolute atomic E-state index is 0.0283. The van der Waals surface area contributed by atoms with E-state index in [4.69, 9.17) is 4.74 Å². The van der Waals surface area contributed by atoms with Crippen LogP contribution in [0.3, 0.4) is 0 Å². The van der Waals surface area contributed by atoms with Crippen LogP contribution in [-0.4, -0.2) is 36.0 Å². The molecule has 108 valence electrons. The molecule has 5 nitrogen and oxygen atoms in total. The average Bonchev–Trinajstić information content (AvgIpc) is 2.41. The molecule has 0 saturated carbocycles. The van der Waals surface area contributed by atoms with Crippen molar-refractivity contribution in [1.82, 2.24) is 4.90 Å². The number of carboxylic acid groups (broad SMARTS) is 1. The molecule has 1 aromatic rings. The van der Waals surface area contributed by atoms with Crippen LogP contribution >= 0.6 is 15.9 Å². The van der Waals surface area contributed by atoms with E-state index in [-0.39, 0.29) is 12.3 Å². The van der Waals surface area contributed by atoms with Gasteiger partial charge in [-0.05, 0) is 40.0 Å². The fourth-order valence-corrected chi connectivity index (χ4v) is 3.18. The molecule has 1 saturated heterocycles. The van der Waals surface area contributed by atoms with Gasteiger partial charge in [-0.1, -0.05) is 6.07 Å². The number of nitrogens with zero attached hydrogens (tertiary/aromatic N) is 1. The van der Waals surface area contributed by atoms with E-state index < -0.39 is 17.9 Å². The molecule has 0 aromatic heterocycles. The highest BCUT2D eigenvalue weighted by Crippen LogP contribution is 2.38. The van der Waals surface area contributed by atoms with E-state index in [0.717, 1.165) is 10.0 Å². The molecule has 1 N–H and O–H groups in total. The van der Waals surface area contributed by atoms with Gasteiger partial charge in [0.25, 0.3) is 0 Å². The van der Waals surface area contributed by atoms with Gasteiger partial charge < -0.3 is 14.7 Å². The Morgan fingerprint density at radius 2 is 2.20 bits per heavy atom. The molecule has 0 radical (unpaired) electrons. The number of piperidine rings is 1. The van der Waals surface area contributed by atoms with Crippen molar-refractivity contribution in [2.24, 2.45) is 5.92 Å². The minimum atomic E-state index is -0.874. The Kier molecular flexibility index (Phi) is 4.32. The number of carboxylic acids is 1. The predicted octanol–water partition coefficient (Wildman–Crippen LogP) is 2.45. The van der Waals surface area contributed by atoms with Gasteiger partial charge in [-0.3, -0.25) is 9.59 Å². The molecule has 0 aliphatic carbocycles. The minimum Gasteiger partial charge on any atom is -0.496 e. The second kappa shape index (κ2) is 5.83. The highest BCUT2D eigenvalue weighted by Gasteiger charge is 2.39. The van der Waals surface area contributed by atoms with Crippen LogP contribution in [0.5, 0.6) is 5.75 Å². The Morgan fingerprint density at radius 3 is 2.75 bits per heavy atom. The number of benzene rings is 1. The second-order valence-corrected chi connectivity index (χ2v) is 5.68. The van der Waals surface area contributed by atoms with Crippen molar-refractivity contribution in [2.45, 2.75) is 18.9 Å². The summed E-state index contributed by atoms with van der Waals surface area (Å²) in [5.41, 5.74) is 0.792. The maximum atomic E-state index is 11.9. The summed E-state index contributed by atoms with van der Waals surface area (Å²) in [6.07, 6.45) is 0.647. The number of likely N-dealkylation sites (tertiary alicyclic amines) is 1. The van der Waals surface area contributed by atoms with Gasteiger partial charge in [-0.2, -0.15) is 0 Å². The van der Waals surface area contributed by atoms with Gasteiger partial charge in [0, 0.05) is 13.5 Å². The smallest absolute Gasteiger partial charge is 0.308 e. The predicted molar refractivity (Wildman–Crippen MR) is 76.6 cm³/mol. The standard InChI is InChI=1S/C14H16BrNO4/c1-16-12(17)6-4-9(14(18)19)13(16)8-3-5-11(20-2)10(15)7-8/h3,5,7,9,13H,4,6H2,1-2H3,(H,18,19). The Morgan fingerprint density at radius 1 is 1.50 bits per heavy atom. The summed E-state index contributed by atoms with van der Waals surface area (Å²) in [7, 11) is 3.22. The number of ether oxygens (including phenoxy) is 1. The number of carbonyl (C=O) groups is 2. The topological polar surface area (TPSA) is 66.8 Å². The van der Waals surface area contributed by atoms with Crippen molar-refractivity contribution in [3.8, 4) is 5.75 Å². The molecule has 2 unspecified atom stereocenters. The van der Waals surface area contributed by atoms with E-state index in [9.17, 15) is 14.7 Å². The number of hydrogen-bond donors (Lipinski definition) is 1. The quantitative estimate of drug-likeness (QED) is 0.916. The fraction of sp³-hybridized carbons (Fsp3) is 0.429. The van der Waals surface area contributed by atoms with Crippen LogP contribution in [0, 0.1) is 5.92 Å². The lowest BCUT2D eigenvalue weighted by Gasteiger charge is -2.37. The summed E-state index contributed by atoms with van der Waals surface area (Å²) in [4.78, 5) is 24.8. The first-order valence-electron chi connectivity index (χ1n) is 6.27. The maximum Gasteiger partial charge on any atom is 0.308 e. The van der Waals surface area contributed by atoms with Crippen molar-refractivity contribution >= 4 is 27.8 Å². The third-order valence-electron chi connectivity index (χ3n) is 3.70. The van der Waals surface area contributed by atoms with Crippen molar-refractivity contribution in [1.29, 1.82) is 0 Å². The van der Waals surface area contributed by atoms with Crippen LogP contribution in [0.25, 0.3) is 0 Å². The lowest BCUT2D eigenvalue weighted by atomic mass is 9.84. The summed E-state index contributed by atoms with van der Waals surface area (Å²) in [5.74, 6) is -0.816. The maximum absolute atomic E-state index is 11.9. The number of rotatable bonds is 3. The Labute approximate surface area is 125 Å². The molecule has 1 amide bonds. The first-order valence-corrected chi connectivity index (χ1v) is 7.07. The Bertz CT molecular complexity index is 546. The van der Waals surface area contributed by atoms with Gasteiger partial charge in [-0.15, -0.1) is 0 Å². The van der Waals surface area contributed by atoms with Crippen molar-refractivity contribution < 1.29 is 19.4 Å². The van der Waals surface area contributed by atoms with Crippen molar-refractivity contribution in [3.63, 3.8) is 0 Å². The largest absolute Gasteiger partial charge is 0.496 e. The van der Waals surface area contributed by atoms with E-state index in [1.165, 1.54) is 4.90 Å². The fourth-order valence-electron chi connectivity index (χ4n) is 2.62. The zero-order valence-corrected chi connectivity index (χ0v) is 12.9. The van der Waals surface area contributed by atoms with Crippen LogP contribution in [0.1, 0.15) is 24.4 Å². The van der Waals surface area contributed by atoms with Gasteiger partial charge in [0.15, 0.2) is 0 Å². The number of aliphatic carboxylic acids is 1. The van der Waals surface area contributed by atoms with Gasteiger partial charge >= 0.3 is 5.97 Å². The molecule has 2 rings (SSSR count). The number of hydrogen-bond acceptors (Lipinski definition) is 3. The average molecular weight is 342 g/mol.